The summed E-state index contributed by atoms with van der Waals surface area (Å²) in [5.41, 5.74) is 6.15. The van der Waals surface area contributed by atoms with Crippen molar-refractivity contribution >= 4 is 5.97 Å². The van der Waals surface area contributed by atoms with Crippen molar-refractivity contribution in [2.45, 2.75) is 12.8 Å². The highest BCUT2D eigenvalue weighted by atomic mass is 16.5. The van der Waals surface area contributed by atoms with Crippen LogP contribution in [0.15, 0.2) is 73.8 Å². The molecule has 1 aliphatic heterocycles. The SMILES string of the molecule is Cc1cc2c(c(=O)o1)[C@@H](c1ccc(OC(=O)c3ccco3)cc1)C(C#N)=C(N)O2. The first-order chi connectivity index (χ1) is 14.0. The fourth-order valence-corrected chi connectivity index (χ4v) is 3.13. The number of hydrogen-bond donors (Lipinski definition) is 1. The highest BCUT2D eigenvalue weighted by molar-refractivity contribution is 5.88. The zero-order valence-electron chi connectivity index (χ0n) is 15.2. The van der Waals surface area contributed by atoms with E-state index in [1.807, 2.05) is 6.07 Å². The Hall–Kier alpha value is -4.25. The number of benzene rings is 1. The van der Waals surface area contributed by atoms with Gasteiger partial charge in [-0.05, 0) is 36.8 Å². The van der Waals surface area contributed by atoms with Crippen LogP contribution in [0.3, 0.4) is 0 Å². The minimum atomic E-state index is -0.768. The highest BCUT2D eigenvalue weighted by Crippen LogP contribution is 2.40. The summed E-state index contributed by atoms with van der Waals surface area (Å²) in [6.45, 7) is 1.61. The molecule has 2 N–H and O–H groups in total. The number of hydrogen-bond acceptors (Lipinski definition) is 8. The van der Waals surface area contributed by atoms with Gasteiger partial charge >= 0.3 is 11.6 Å². The second kappa shape index (κ2) is 7.05. The summed E-state index contributed by atoms with van der Waals surface area (Å²) in [6, 6.07) is 13.0. The fraction of sp³-hybridized carbons (Fsp3) is 0.0952. The van der Waals surface area contributed by atoms with Gasteiger partial charge in [-0.2, -0.15) is 5.26 Å². The van der Waals surface area contributed by atoms with Crippen molar-refractivity contribution in [3.8, 4) is 17.6 Å². The van der Waals surface area contributed by atoms with Crippen LogP contribution in [0, 0.1) is 18.3 Å². The number of fused-ring (bicyclic) bond motifs is 1. The zero-order valence-corrected chi connectivity index (χ0v) is 15.2. The minimum Gasteiger partial charge on any atom is -0.457 e. The molecular formula is C21H14N2O6. The fourth-order valence-electron chi connectivity index (χ4n) is 3.13. The Balaban J connectivity index is 1.71. The largest absolute Gasteiger partial charge is 0.457 e. The van der Waals surface area contributed by atoms with E-state index in [4.69, 9.17) is 24.0 Å². The molecule has 0 fully saturated rings. The smallest absolute Gasteiger partial charge is 0.379 e. The number of ether oxygens (including phenoxy) is 2. The molecule has 0 bridgehead atoms. The Bertz CT molecular complexity index is 1210. The molecule has 0 saturated carbocycles. The normalized spacial score (nSPS) is 15.2. The lowest BCUT2D eigenvalue weighted by atomic mass is 9.84. The van der Waals surface area contributed by atoms with Gasteiger partial charge in [0, 0.05) is 6.07 Å². The van der Waals surface area contributed by atoms with Gasteiger partial charge in [-0.1, -0.05) is 12.1 Å². The average Bonchev–Trinajstić information content (AvgIpc) is 3.22. The summed E-state index contributed by atoms with van der Waals surface area (Å²) < 4.78 is 20.9. The van der Waals surface area contributed by atoms with Crippen LogP contribution in [0.25, 0.3) is 0 Å². The van der Waals surface area contributed by atoms with E-state index in [0.29, 0.717) is 11.3 Å². The first-order valence-electron chi connectivity index (χ1n) is 8.56. The maximum atomic E-state index is 12.5. The Morgan fingerprint density at radius 3 is 2.66 bits per heavy atom. The summed E-state index contributed by atoms with van der Waals surface area (Å²) in [5.74, 6) is -0.540. The number of carbonyl (C=O) groups is 1. The van der Waals surface area contributed by atoms with Gasteiger partial charge in [0.25, 0.3) is 0 Å². The van der Waals surface area contributed by atoms with Gasteiger partial charge in [-0.15, -0.1) is 0 Å². The molecule has 3 aromatic rings. The molecule has 0 saturated heterocycles. The van der Waals surface area contributed by atoms with E-state index in [1.54, 1.807) is 43.3 Å². The number of nitrogens with two attached hydrogens (primary N) is 1. The molecule has 29 heavy (non-hydrogen) atoms. The summed E-state index contributed by atoms with van der Waals surface area (Å²) in [7, 11) is 0. The van der Waals surface area contributed by atoms with Crippen molar-refractivity contribution in [2.24, 2.45) is 5.73 Å². The van der Waals surface area contributed by atoms with Crippen LogP contribution in [0.2, 0.25) is 0 Å². The van der Waals surface area contributed by atoms with Gasteiger partial charge < -0.3 is 24.0 Å². The first kappa shape index (κ1) is 18.1. The van der Waals surface area contributed by atoms with E-state index in [2.05, 4.69) is 0 Å². The van der Waals surface area contributed by atoms with Crippen LogP contribution in [0.1, 0.15) is 33.4 Å². The van der Waals surface area contributed by atoms with Crippen LogP contribution in [0.5, 0.6) is 11.5 Å². The molecule has 1 aliphatic rings. The Labute approximate surface area is 164 Å². The van der Waals surface area contributed by atoms with E-state index < -0.39 is 17.5 Å². The Kier molecular flexibility index (Phi) is 4.41. The quantitative estimate of drug-likeness (QED) is 0.534. The second-order valence-electron chi connectivity index (χ2n) is 6.28. The van der Waals surface area contributed by atoms with E-state index in [0.717, 1.165) is 0 Å². The summed E-state index contributed by atoms with van der Waals surface area (Å²) in [5, 5.41) is 9.56. The zero-order chi connectivity index (χ0) is 20.5. The van der Waals surface area contributed by atoms with Gasteiger partial charge in [0.2, 0.25) is 11.6 Å². The monoisotopic (exact) mass is 390 g/mol. The second-order valence-corrected chi connectivity index (χ2v) is 6.28. The Morgan fingerprint density at radius 1 is 1.24 bits per heavy atom. The predicted molar refractivity (Wildman–Crippen MR) is 99.1 cm³/mol. The molecule has 0 amide bonds. The van der Waals surface area contributed by atoms with E-state index in [9.17, 15) is 14.9 Å². The van der Waals surface area contributed by atoms with Gasteiger partial charge in [-0.25, -0.2) is 9.59 Å². The molecule has 8 nitrogen and oxygen atoms in total. The number of aryl methyl sites for hydroxylation is 1. The molecule has 1 atom stereocenters. The number of nitriles is 1. The van der Waals surface area contributed by atoms with Crippen molar-refractivity contribution in [3.63, 3.8) is 0 Å². The molecule has 3 heterocycles. The summed E-state index contributed by atoms with van der Waals surface area (Å²) in [4.78, 5) is 24.5. The lowest BCUT2D eigenvalue weighted by Gasteiger charge is -2.25. The number of rotatable bonds is 3. The standard InChI is InChI=1S/C21H14N2O6/c1-11-9-16-18(21(25)27-11)17(14(10-22)19(23)29-16)12-4-6-13(7-5-12)28-20(24)15-3-2-8-26-15/h2-9,17H,23H2,1H3/t17-/m0/s1. The molecule has 0 radical (unpaired) electrons. The molecule has 2 aromatic heterocycles. The van der Waals surface area contributed by atoms with Gasteiger partial charge in [0.05, 0.1) is 17.7 Å². The third kappa shape index (κ3) is 3.26. The number of allylic oxidation sites excluding steroid dienone is 1. The maximum absolute atomic E-state index is 12.5. The predicted octanol–water partition coefficient (Wildman–Crippen LogP) is 2.98. The van der Waals surface area contributed by atoms with Crippen LogP contribution < -0.4 is 20.8 Å². The number of esters is 1. The number of carbonyl (C=O) groups excluding carboxylic acids is 1. The van der Waals surface area contributed by atoms with Crippen LogP contribution in [-0.2, 0) is 0 Å². The molecule has 0 unspecified atom stereocenters. The van der Waals surface area contributed by atoms with Crippen LogP contribution >= 0.6 is 0 Å². The minimum absolute atomic E-state index is 0.0721. The number of nitrogens with zero attached hydrogens (tertiary/aromatic N) is 1. The summed E-state index contributed by atoms with van der Waals surface area (Å²) >= 11 is 0. The topological polar surface area (TPSA) is 129 Å². The van der Waals surface area contributed by atoms with Gasteiger partial charge in [-0.3, -0.25) is 0 Å². The average molecular weight is 390 g/mol. The molecule has 8 heteroatoms. The molecule has 1 aromatic carbocycles. The lowest BCUT2D eigenvalue weighted by Crippen LogP contribution is -2.26. The number of furan rings is 1. The molecule has 0 spiro atoms. The lowest BCUT2D eigenvalue weighted by molar-refractivity contribution is 0.0701. The molecular weight excluding hydrogens is 376 g/mol. The molecule has 4 rings (SSSR count). The van der Waals surface area contributed by atoms with Crippen molar-refractivity contribution < 1.29 is 23.1 Å². The molecule has 144 valence electrons. The van der Waals surface area contributed by atoms with Crippen molar-refractivity contribution in [2.75, 3.05) is 0 Å². The van der Waals surface area contributed by atoms with E-state index in [-0.39, 0.29) is 34.3 Å². The van der Waals surface area contributed by atoms with Crippen molar-refractivity contribution in [3.05, 3.63) is 93.3 Å². The Morgan fingerprint density at radius 2 is 2.00 bits per heavy atom. The molecule has 0 aliphatic carbocycles. The first-order valence-corrected chi connectivity index (χ1v) is 8.56. The third-order valence-corrected chi connectivity index (χ3v) is 4.40. The summed E-state index contributed by atoms with van der Waals surface area (Å²) in [6.07, 6.45) is 1.37. The van der Waals surface area contributed by atoms with Gasteiger partial charge in [0.15, 0.2) is 0 Å². The van der Waals surface area contributed by atoms with Crippen molar-refractivity contribution in [1.82, 2.24) is 0 Å². The van der Waals surface area contributed by atoms with Crippen LogP contribution in [0.4, 0.5) is 0 Å². The third-order valence-electron chi connectivity index (χ3n) is 4.40. The van der Waals surface area contributed by atoms with Gasteiger partial charge in [0.1, 0.15) is 28.9 Å². The maximum Gasteiger partial charge on any atom is 0.379 e. The van der Waals surface area contributed by atoms with E-state index >= 15 is 0 Å². The van der Waals surface area contributed by atoms with Crippen molar-refractivity contribution in [1.29, 1.82) is 5.26 Å². The van der Waals surface area contributed by atoms with Crippen LogP contribution in [-0.4, -0.2) is 5.97 Å². The van der Waals surface area contributed by atoms with E-state index in [1.165, 1.54) is 12.3 Å². The highest BCUT2D eigenvalue weighted by Gasteiger charge is 2.34.